The molecule has 1 atom stereocenters. The van der Waals surface area contributed by atoms with Gasteiger partial charge in [0.15, 0.2) is 6.04 Å². The molecule has 9 nitrogen and oxygen atoms in total. The van der Waals surface area contributed by atoms with Crippen molar-refractivity contribution in [2.24, 2.45) is 0 Å². The van der Waals surface area contributed by atoms with Gasteiger partial charge in [-0.15, -0.1) is 0 Å². The number of fused-ring (bicyclic) bond motifs is 1. The molecule has 3 N–H and O–H groups in total. The molecule has 0 saturated heterocycles. The molecule has 0 fully saturated rings. The zero-order valence-electron chi connectivity index (χ0n) is 10.7. The average molecular weight is 289 g/mol. The number of carbonyl (C=O) groups excluding carboxylic acids is 1. The zero-order chi connectivity index (χ0) is 15.0. The normalized spacial score (nSPS) is 17.3. The van der Waals surface area contributed by atoms with Crippen LogP contribution in [0.15, 0.2) is 23.5 Å². The number of amides is 1. The van der Waals surface area contributed by atoms with E-state index >= 15 is 0 Å². The minimum absolute atomic E-state index is 0.0140. The average Bonchev–Trinajstić information content (AvgIpc) is 2.94. The van der Waals surface area contributed by atoms with Gasteiger partial charge in [-0.25, -0.2) is 14.8 Å². The van der Waals surface area contributed by atoms with Gasteiger partial charge < -0.3 is 20.0 Å². The predicted octanol–water partition coefficient (Wildman–Crippen LogP) is -0.683. The van der Waals surface area contributed by atoms with Crippen LogP contribution in [0.5, 0.6) is 0 Å². The van der Waals surface area contributed by atoms with E-state index in [9.17, 15) is 19.5 Å². The molecule has 108 valence electrons. The van der Waals surface area contributed by atoms with Gasteiger partial charge in [0.1, 0.15) is 5.69 Å². The molecule has 0 unspecified atom stereocenters. The maximum absolute atomic E-state index is 12.4. The topological polar surface area (TPSA) is 132 Å². The molecule has 1 amide bonds. The molecular formula is C12H11N5O4. The van der Waals surface area contributed by atoms with Crippen molar-refractivity contribution in [2.75, 3.05) is 6.54 Å². The molecule has 2 aromatic heterocycles. The largest absolute Gasteiger partial charge is 0.479 e. The molecule has 0 radical (unpaired) electrons. The quantitative estimate of drug-likeness (QED) is 0.671. The van der Waals surface area contributed by atoms with Crippen molar-refractivity contribution in [3.8, 4) is 0 Å². The fraction of sp³-hybridized carbons (Fsp3) is 0.250. The minimum atomic E-state index is -1.17. The zero-order valence-corrected chi connectivity index (χ0v) is 10.7. The number of H-pyrrole nitrogens is 2. The summed E-state index contributed by atoms with van der Waals surface area (Å²) in [7, 11) is 0. The van der Waals surface area contributed by atoms with Crippen LogP contribution in [0.2, 0.25) is 0 Å². The number of rotatable bonds is 2. The van der Waals surface area contributed by atoms with E-state index in [0.29, 0.717) is 17.8 Å². The smallest absolute Gasteiger partial charge is 0.332 e. The lowest BCUT2D eigenvalue weighted by Gasteiger charge is -2.31. The van der Waals surface area contributed by atoms with E-state index < -0.39 is 23.5 Å². The summed E-state index contributed by atoms with van der Waals surface area (Å²) in [5.74, 6) is -1.73. The molecule has 9 heteroatoms. The Labute approximate surface area is 117 Å². The van der Waals surface area contributed by atoms with Crippen LogP contribution in [-0.4, -0.2) is 48.4 Å². The molecule has 0 bridgehead atoms. The summed E-state index contributed by atoms with van der Waals surface area (Å²) < 4.78 is 0. The Kier molecular flexibility index (Phi) is 3.01. The van der Waals surface area contributed by atoms with Crippen LogP contribution in [0.1, 0.15) is 27.9 Å². The number of hydrogen-bond acceptors (Lipinski definition) is 5. The van der Waals surface area contributed by atoms with Crippen molar-refractivity contribution in [2.45, 2.75) is 12.5 Å². The molecule has 0 saturated carbocycles. The Morgan fingerprint density at radius 2 is 2.14 bits per heavy atom. The lowest BCUT2D eigenvalue weighted by atomic mass is 10.0. The minimum Gasteiger partial charge on any atom is -0.479 e. The maximum atomic E-state index is 12.4. The number of carboxylic acid groups (broad SMARTS) is 1. The highest BCUT2D eigenvalue weighted by atomic mass is 16.4. The lowest BCUT2D eigenvalue weighted by Crippen LogP contribution is -2.44. The van der Waals surface area contributed by atoms with E-state index in [-0.39, 0.29) is 12.2 Å². The summed E-state index contributed by atoms with van der Waals surface area (Å²) in [5, 5.41) is 9.39. The Balaban J connectivity index is 1.98. The van der Waals surface area contributed by atoms with Gasteiger partial charge in [0.2, 0.25) is 0 Å². The van der Waals surface area contributed by atoms with E-state index in [2.05, 4.69) is 19.9 Å². The Morgan fingerprint density at radius 3 is 2.81 bits per heavy atom. The molecule has 0 aliphatic carbocycles. The number of carbonyl (C=O) groups is 2. The standard InChI is InChI=1S/C12H11N5O4/c18-8-4-13-7(3-14-8)11(19)17-2-1-6-9(16-5-15-6)10(17)12(20)21/h3-5,10H,1-2H2,(H,14,18)(H,15,16)(H,20,21)/t10-/m1/s1. The fourth-order valence-corrected chi connectivity index (χ4v) is 2.35. The molecular weight excluding hydrogens is 278 g/mol. The molecule has 1 aliphatic rings. The number of imidazole rings is 1. The molecule has 0 aromatic carbocycles. The van der Waals surface area contributed by atoms with Crippen LogP contribution >= 0.6 is 0 Å². The number of aromatic nitrogens is 4. The third-order valence-corrected chi connectivity index (χ3v) is 3.31. The van der Waals surface area contributed by atoms with Gasteiger partial charge in [0.25, 0.3) is 11.5 Å². The van der Waals surface area contributed by atoms with Crippen molar-refractivity contribution in [1.82, 2.24) is 24.8 Å². The van der Waals surface area contributed by atoms with Crippen LogP contribution in [0, 0.1) is 0 Å². The molecule has 3 heterocycles. The number of nitrogens with zero attached hydrogens (tertiary/aromatic N) is 3. The summed E-state index contributed by atoms with van der Waals surface area (Å²) in [4.78, 5) is 49.0. The first kappa shape index (κ1) is 13.0. The van der Waals surface area contributed by atoms with E-state index in [1.165, 1.54) is 17.4 Å². The van der Waals surface area contributed by atoms with E-state index in [1.54, 1.807) is 0 Å². The van der Waals surface area contributed by atoms with Crippen LogP contribution in [0.3, 0.4) is 0 Å². The van der Waals surface area contributed by atoms with E-state index in [0.717, 1.165) is 6.20 Å². The molecule has 0 spiro atoms. The Morgan fingerprint density at radius 1 is 1.33 bits per heavy atom. The number of nitrogens with one attached hydrogen (secondary N) is 2. The second-order valence-corrected chi connectivity index (χ2v) is 4.55. The van der Waals surface area contributed by atoms with Crippen LogP contribution < -0.4 is 5.56 Å². The predicted molar refractivity (Wildman–Crippen MR) is 68.6 cm³/mol. The molecule has 2 aromatic rings. The summed E-state index contributed by atoms with van der Waals surface area (Å²) in [5.41, 5.74) is 0.585. The first-order valence-corrected chi connectivity index (χ1v) is 6.18. The highest BCUT2D eigenvalue weighted by Gasteiger charge is 2.38. The first-order valence-electron chi connectivity index (χ1n) is 6.18. The third-order valence-electron chi connectivity index (χ3n) is 3.31. The third kappa shape index (κ3) is 2.18. The van der Waals surface area contributed by atoms with Crippen LogP contribution in [0.25, 0.3) is 0 Å². The number of aliphatic carboxylic acids is 1. The summed E-state index contributed by atoms with van der Waals surface area (Å²) in [6.07, 6.45) is 4.04. The number of hydrogen-bond donors (Lipinski definition) is 3. The number of aromatic amines is 2. The molecule has 21 heavy (non-hydrogen) atoms. The molecule has 1 aliphatic heterocycles. The summed E-state index contributed by atoms with van der Waals surface area (Å²) in [6, 6.07) is -1.17. The van der Waals surface area contributed by atoms with Crippen molar-refractivity contribution >= 4 is 11.9 Å². The van der Waals surface area contributed by atoms with Crippen molar-refractivity contribution in [1.29, 1.82) is 0 Å². The monoisotopic (exact) mass is 289 g/mol. The second kappa shape index (κ2) is 4.85. The van der Waals surface area contributed by atoms with Crippen molar-refractivity contribution in [3.63, 3.8) is 0 Å². The van der Waals surface area contributed by atoms with Gasteiger partial charge in [0.05, 0.1) is 18.2 Å². The maximum Gasteiger partial charge on any atom is 0.332 e. The van der Waals surface area contributed by atoms with Gasteiger partial charge in [0, 0.05) is 24.9 Å². The Bertz CT molecular complexity index is 745. The molecule has 3 rings (SSSR count). The van der Waals surface area contributed by atoms with Gasteiger partial charge >= 0.3 is 5.97 Å². The van der Waals surface area contributed by atoms with Gasteiger partial charge in [-0.3, -0.25) is 9.59 Å². The van der Waals surface area contributed by atoms with E-state index in [1.807, 2.05) is 0 Å². The summed E-state index contributed by atoms with van der Waals surface area (Å²) in [6.45, 7) is 0.228. The first-order chi connectivity index (χ1) is 10.1. The van der Waals surface area contributed by atoms with Gasteiger partial charge in [-0.2, -0.15) is 0 Å². The highest BCUT2D eigenvalue weighted by Crippen LogP contribution is 2.28. The van der Waals surface area contributed by atoms with Crippen LogP contribution in [-0.2, 0) is 11.2 Å². The Hall–Kier alpha value is -2.97. The highest BCUT2D eigenvalue weighted by molar-refractivity contribution is 5.95. The van der Waals surface area contributed by atoms with Crippen molar-refractivity contribution in [3.05, 3.63) is 46.2 Å². The summed E-state index contributed by atoms with van der Waals surface area (Å²) >= 11 is 0. The van der Waals surface area contributed by atoms with E-state index in [4.69, 9.17) is 0 Å². The lowest BCUT2D eigenvalue weighted by molar-refractivity contribution is -0.143. The second-order valence-electron chi connectivity index (χ2n) is 4.55. The van der Waals surface area contributed by atoms with Crippen molar-refractivity contribution < 1.29 is 14.7 Å². The number of carboxylic acids is 1. The van der Waals surface area contributed by atoms with Gasteiger partial charge in [-0.05, 0) is 0 Å². The van der Waals surface area contributed by atoms with Gasteiger partial charge in [-0.1, -0.05) is 0 Å². The SMILES string of the molecule is O=C(O)[C@H]1c2nc[nH]c2CCN1C(=O)c1c[nH]c(=O)cn1. The fourth-order valence-electron chi connectivity index (χ4n) is 2.35. The van der Waals surface area contributed by atoms with Crippen LogP contribution in [0.4, 0.5) is 0 Å².